The van der Waals surface area contributed by atoms with E-state index >= 15 is 0 Å². The molecule has 264 valence electrons. The Balaban J connectivity index is 1.17. The molecule has 0 saturated carbocycles. The molecule has 0 aliphatic rings. The van der Waals surface area contributed by atoms with E-state index in [1.54, 1.807) is 0 Å². The van der Waals surface area contributed by atoms with Gasteiger partial charge in [0.05, 0.1) is 0 Å². The molecule has 0 radical (unpaired) electrons. The third kappa shape index (κ3) is 6.14. The van der Waals surface area contributed by atoms with Crippen molar-refractivity contribution in [2.75, 3.05) is 0 Å². The maximum atomic E-state index is 2.38. The van der Waals surface area contributed by atoms with Crippen LogP contribution in [0.3, 0.4) is 0 Å². The molecule has 0 heteroatoms. The Morgan fingerprint density at radius 2 is 0.648 bits per heavy atom. The average Bonchev–Trinajstić information content (AvgIpc) is 3.23. The van der Waals surface area contributed by atoms with Crippen molar-refractivity contribution < 1.29 is 0 Å². The fourth-order valence-electron chi connectivity index (χ4n) is 8.98. The topological polar surface area (TPSA) is 0 Å². The SMILES string of the molecule is CCCCCc1ccc(-c2ccccc2-c2ccc3c4cccc5c(-c6ccccc6-c6ccc(CCCCC)cc6)ccc(c6cccc2c63)c54)cc1. The fourth-order valence-corrected chi connectivity index (χ4v) is 8.98. The maximum Gasteiger partial charge on any atom is -0.00201 e. The van der Waals surface area contributed by atoms with Gasteiger partial charge in [0, 0.05) is 0 Å². The van der Waals surface area contributed by atoms with Crippen LogP contribution in [0, 0.1) is 0 Å². The number of fused-ring (bicyclic) bond motifs is 2. The third-order valence-electron chi connectivity index (χ3n) is 11.8. The molecule has 0 nitrogen and oxygen atoms in total. The van der Waals surface area contributed by atoms with Crippen LogP contribution in [0.5, 0.6) is 0 Å². The second kappa shape index (κ2) is 15.0. The van der Waals surface area contributed by atoms with E-state index in [-0.39, 0.29) is 0 Å². The number of hydrogen-bond acceptors (Lipinski definition) is 0. The van der Waals surface area contributed by atoms with Crippen LogP contribution in [0.2, 0.25) is 0 Å². The number of benzene rings is 9. The summed E-state index contributed by atoms with van der Waals surface area (Å²) in [6.45, 7) is 4.54. The highest BCUT2D eigenvalue weighted by molar-refractivity contribution is 6.35. The Bertz CT molecular complexity index is 2500. The van der Waals surface area contributed by atoms with Gasteiger partial charge in [0.25, 0.3) is 0 Å². The minimum Gasteiger partial charge on any atom is -0.0654 e. The Morgan fingerprint density at radius 1 is 0.278 bits per heavy atom. The Kier molecular flexibility index (Phi) is 9.44. The predicted octanol–water partition coefficient (Wildman–Crippen LogP) is 15.9. The first-order valence-corrected chi connectivity index (χ1v) is 20.2. The highest BCUT2D eigenvalue weighted by Crippen LogP contribution is 2.47. The van der Waals surface area contributed by atoms with Crippen LogP contribution < -0.4 is 0 Å². The molecule has 0 unspecified atom stereocenters. The molecule has 0 N–H and O–H groups in total. The molecule has 0 amide bonds. The van der Waals surface area contributed by atoms with Gasteiger partial charge in [0.2, 0.25) is 0 Å². The van der Waals surface area contributed by atoms with Gasteiger partial charge in [-0.15, -0.1) is 0 Å². The van der Waals surface area contributed by atoms with E-state index in [9.17, 15) is 0 Å². The van der Waals surface area contributed by atoms with Crippen molar-refractivity contribution in [3.8, 4) is 44.5 Å². The van der Waals surface area contributed by atoms with E-state index in [1.165, 1.54) is 137 Å². The van der Waals surface area contributed by atoms with Gasteiger partial charge in [-0.2, -0.15) is 0 Å². The first-order chi connectivity index (χ1) is 26.7. The van der Waals surface area contributed by atoms with Gasteiger partial charge in [-0.25, -0.2) is 0 Å². The Hall–Kier alpha value is -5.72. The summed E-state index contributed by atoms with van der Waals surface area (Å²) in [4.78, 5) is 0. The van der Waals surface area contributed by atoms with E-state index < -0.39 is 0 Å². The molecule has 9 aromatic rings. The molecule has 0 bridgehead atoms. The summed E-state index contributed by atoms with van der Waals surface area (Å²) in [7, 11) is 0. The summed E-state index contributed by atoms with van der Waals surface area (Å²) >= 11 is 0. The monoisotopic (exact) mass is 696 g/mol. The summed E-state index contributed by atoms with van der Waals surface area (Å²) in [6, 6.07) is 59.8. The molecular weight excluding hydrogens is 649 g/mol. The van der Waals surface area contributed by atoms with E-state index in [2.05, 4.69) is 172 Å². The molecule has 54 heavy (non-hydrogen) atoms. The molecule has 0 aliphatic carbocycles. The van der Waals surface area contributed by atoms with E-state index in [0.29, 0.717) is 0 Å². The quantitative estimate of drug-likeness (QED) is 0.0678. The zero-order valence-corrected chi connectivity index (χ0v) is 31.7. The van der Waals surface area contributed by atoms with Crippen molar-refractivity contribution in [2.24, 2.45) is 0 Å². The zero-order valence-electron chi connectivity index (χ0n) is 31.7. The molecule has 0 aliphatic heterocycles. The number of unbranched alkanes of at least 4 members (excludes halogenated alkanes) is 4. The molecule has 0 fully saturated rings. The normalized spacial score (nSPS) is 11.7. The summed E-state index contributed by atoms with van der Waals surface area (Å²) in [6.07, 6.45) is 9.91. The summed E-state index contributed by atoms with van der Waals surface area (Å²) < 4.78 is 0. The molecule has 0 spiro atoms. The lowest BCUT2D eigenvalue weighted by molar-refractivity contribution is 0.717. The summed E-state index contributed by atoms with van der Waals surface area (Å²) in [5, 5.41) is 10.6. The summed E-state index contributed by atoms with van der Waals surface area (Å²) in [5.41, 5.74) is 13.1. The molecule has 0 saturated heterocycles. The van der Waals surface area contributed by atoms with E-state index in [1.807, 2.05) is 0 Å². The van der Waals surface area contributed by atoms with Gasteiger partial charge in [-0.1, -0.05) is 197 Å². The van der Waals surface area contributed by atoms with Crippen molar-refractivity contribution in [3.63, 3.8) is 0 Å². The van der Waals surface area contributed by atoms with E-state index in [0.717, 1.165) is 12.8 Å². The second-order valence-corrected chi connectivity index (χ2v) is 15.2. The van der Waals surface area contributed by atoms with Gasteiger partial charge < -0.3 is 0 Å². The first-order valence-electron chi connectivity index (χ1n) is 20.2. The third-order valence-corrected chi connectivity index (χ3v) is 11.8. The van der Waals surface area contributed by atoms with Crippen molar-refractivity contribution in [1.29, 1.82) is 0 Å². The minimum absolute atomic E-state index is 1.15. The Labute approximate surface area is 320 Å². The largest absolute Gasteiger partial charge is 0.0654 e. The highest BCUT2D eigenvalue weighted by atomic mass is 14.2. The van der Waals surface area contributed by atoms with Crippen molar-refractivity contribution >= 4 is 43.1 Å². The number of hydrogen-bond donors (Lipinski definition) is 0. The second-order valence-electron chi connectivity index (χ2n) is 15.2. The Morgan fingerprint density at radius 3 is 1.06 bits per heavy atom. The van der Waals surface area contributed by atoms with Crippen LogP contribution >= 0.6 is 0 Å². The lowest BCUT2D eigenvalue weighted by Crippen LogP contribution is -1.93. The minimum atomic E-state index is 1.15. The van der Waals surface area contributed by atoms with Crippen molar-refractivity contribution in [3.05, 3.63) is 169 Å². The number of aryl methyl sites for hydroxylation is 2. The zero-order chi connectivity index (χ0) is 36.4. The molecule has 0 aromatic heterocycles. The van der Waals surface area contributed by atoms with Crippen molar-refractivity contribution in [1.82, 2.24) is 0 Å². The summed E-state index contributed by atoms with van der Waals surface area (Å²) in [5.74, 6) is 0. The lowest BCUT2D eigenvalue weighted by Gasteiger charge is -2.20. The van der Waals surface area contributed by atoms with Gasteiger partial charge >= 0.3 is 0 Å². The van der Waals surface area contributed by atoms with Crippen LogP contribution in [0.25, 0.3) is 87.6 Å². The molecule has 0 heterocycles. The number of rotatable bonds is 12. The fraction of sp³-hybridized carbons (Fsp3) is 0.185. The van der Waals surface area contributed by atoms with Crippen LogP contribution in [0.1, 0.15) is 63.5 Å². The molecule has 9 aromatic carbocycles. The lowest BCUT2D eigenvalue weighted by atomic mass is 9.83. The van der Waals surface area contributed by atoms with Gasteiger partial charge in [-0.3, -0.25) is 0 Å². The molecular formula is C54H48. The van der Waals surface area contributed by atoms with Gasteiger partial charge in [0.15, 0.2) is 0 Å². The highest BCUT2D eigenvalue weighted by Gasteiger charge is 2.19. The van der Waals surface area contributed by atoms with Crippen LogP contribution in [-0.4, -0.2) is 0 Å². The maximum absolute atomic E-state index is 2.38. The van der Waals surface area contributed by atoms with Gasteiger partial charge in [0.1, 0.15) is 0 Å². The molecule has 0 atom stereocenters. The van der Waals surface area contributed by atoms with Crippen LogP contribution in [-0.2, 0) is 12.8 Å². The smallest absolute Gasteiger partial charge is 0.00201 e. The average molecular weight is 697 g/mol. The van der Waals surface area contributed by atoms with Crippen LogP contribution in [0.4, 0.5) is 0 Å². The molecule has 9 rings (SSSR count). The van der Waals surface area contributed by atoms with Gasteiger partial charge in [-0.05, 0) is 124 Å². The predicted molar refractivity (Wildman–Crippen MR) is 236 cm³/mol. The van der Waals surface area contributed by atoms with Crippen molar-refractivity contribution in [2.45, 2.75) is 65.2 Å². The van der Waals surface area contributed by atoms with Crippen LogP contribution in [0.15, 0.2) is 158 Å². The standard InChI is InChI=1S/C54H48/c1-3-5-7-15-37-25-29-39(30-26-37)41-17-9-11-19-43(41)45-33-35-51-50-24-14-22-48-46(34-36-52(54(48)50)49-23-13-21-47(45)53(49)51)44-20-12-10-18-42(44)40-31-27-38(28-32-40)16-8-6-4-2/h9-14,17-36H,3-8,15-16H2,1-2H3. The van der Waals surface area contributed by atoms with E-state index in [4.69, 9.17) is 0 Å². The first kappa shape index (κ1) is 34.1.